The lowest BCUT2D eigenvalue weighted by Gasteiger charge is -2.38. The molecule has 1 saturated heterocycles. The summed E-state index contributed by atoms with van der Waals surface area (Å²) in [4.78, 5) is 2.06. The predicted molar refractivity (Wildman–Crippen MR) is 89.7 cm³/mol. The zero-order chi connectivity index (χ0) is 15.8. The third kappa shape index (κ3) is 3.58. The quantitative estimate of drug-likeness (QED) is 0.677. The second-order valence-corrected chi connectivity index (χ2v) is 12.2. The van der Waals surface area contributed by atoms with Gasteiger partial charge in [0.15, 0.2) is 8.32 Å². The number of nitrogen functional groups attached to an aromatic ring is 1. The molecule has 0 spiro atoms. The molecule has 1 heterocycles. The van der Waals surface area contributed by atoms with Gasteiger partial charge in [0.05, 0.1) is 11.8 Å². The van der Waals surface area contributed by atoms with Gasteiger partial charge in [0.2, 0.25) is 0 Å². The maximum atomic E-state index is 14.0. The fourth-order valence-corrected chi connectivity index (χ4v) is 3.80. The number of benzene rings is 1. The molecule has 5 heteroatoms. The molecule has 0 radical (unpaired) electrons. The molecule has 21 heavy (non-hydrogen) atoms. The molecule has 1 fully saturated rings. The average Bonchev–Trinajstić information content (AvgIpc) is 2.74. The summed E-state index contributed by atoms with van der Waals surface area (Å²) in [5, 5.41) is 0.201. The fraction of sp³-hybridized carbons (Fsp3) is 0.625. The van der Waals surface area contributed by atoms with Gasteiger partial charge in [-0.05, 0) is 42.8 Å². The van der Waals surface area contributed by atoms with Crippen LogP contribution in [0.15, 0.2) is 18.2 Å². The standard InChI is InChI=1S/C16H27FN2OSi/c1-16(2,3)21(4,5)20-13-8-9-19(11-13)15-7-6-12(18)10-14(15)17/h6-7,10,13H,8-9,11,18H2,1-5H3/t13-/m1/s1. The minimum absolute atomic E-state index is 0.197. The molecule has 0 amide bonds. The van der Waals surface area contributed by atoms with E-state index in [-0.39, 0.29) is 17.0 Å². The summed E-state index contributed by atoms with van der Waals surface area (Å²) in [6.45, 7) is 12.8. The van der Waals surface area contributed by atoms with E-state index in [4.69, 9.17) is 10.2 Å². The van der Waals surface area contributed by atoms with Crippen molar-refractivity contribution in [3.8, 4) is 0 Å². The van der Waals surface area contributed by atoms with Crippen LogP contribution in [0.1, 0.15) is 27.2 Å². The number of anilines is 2. The SMILES string of the molecule is CC(C)(C)[Si](C)(C)O[C@@H]1CCN(c2ccc(N)cc2F)C1. The fourth-order valence-electron chi connectivity index (χ4n) is 2.42. The lowest BCUT2D eigenvalue weighted by atomic mass is 10.2. The lowest BCUT2D eigenvalue weighted by molar-refractivity contribution is 0.202. The molecule has 118 valence electrons. The van der Waals surface area contributed by atoms with Crippen LogP contribution in [-0.4, -0.2) is 27.5 Å². The van der Waals surface area contributed by atoms with Gasteiger partial charge in [0.1, 0.15) is 5.82 Å². The maximum absolute atomic E-state index is 14.0. The van der Waals surface area contributed by atoms with Gasteiger partial charge in [-0.2, -0.15) is 0 Å². The predicted octanol–water partition coefficient (Wildman–Crippen LogP) is 4.01. The summed E-state index contributed by atoms with van der Waals surface area (Å²) in [6, 6.07) is 4.90. The summed E-state index contributed by atoms with van der Waals surface area (Å²) in [6.07, 6.45) is 1.15. The zero-order valence-corrected chi connectivity index (χ0v) is 14.7. The molecule has 0 aliphatic carbocycles. The minimum Gasteiger partial charge on any atom is -0.412 e. The number of nitrogens with zero attached hydrogens (tertiary/aromatic N) is 1. The summed E-state index contributed by atoms with van der Waals surface area (Å²) in [5.41, 5.74) is 6.70. The van der Waals surface area contributed by atoms with E-state index in [1.54, 1.807) is 12.1 Å². The van der Waals surface area contributed by atoms with Crippen molar-refractivity contribution in [2.45, 2.75) is 51.4 Å². The largest absolute Gasteiger partial charge is 0.412 e. The zero-order valence-electron chi connectivity index (χ0n) is 13.7. The molecular formula is C16H27FN2OSi. The Labute approximate surface area is 128 Å². The highest BCUT2D eigenvalue weighted by Gasteiger charge is 2.40. The molecule has 1 aliphatic rings. The van der Waals surface area contributed by atoms with Crippen LogP contribution < -0.4 is 10.6 Å². The molecule has 1 aromatic rings. The van der Waals surface area contributed by atoms with Crippen molar-refractivity contribution in [3.63, 3.8) is 0 Å². The first kappa shape index (κ1) is 16.3. The lowest BCUT2D eigenvalue weighted by Crippen LogP contribution is -2.44. The van der Waals surface area contributed by atoms with E-state index >= 15 is 0 Å². The number of nitrogens with two attached hydrogens (primary N) is 1. The summed E-state index contributed by atoms with van der Waals surface area (Å²) in [5.74, 6) is -0.247. The van der Waals surface area contributed by atoms with Gasteiger partial charge < -0.3 is 15.1 Å². The van der Waals surface area contributed by atoms with Crippen molar-refractivity contribution in [3.05, 3.63) is 24.0 Å². The van der Waals surface area contributed by atoms with Crippen LogP contribution >= 0.6 is 0 Å². The molecule has 0 saturated carbocycles. The third-order valence-electron chi connectivity index (χ3n) is 4.72. The second kappa shape index (κ2) is 5.61. The van der Waals surface area contributed by atoms with E-state index in [1.165, 1.54) is 6.07 Å². The Morgan fingerprint density at radius 2 is 2.00 bits per heavy atom. The number of hydrogen-bond donors (Lipinski definition) is 1. The Bertz CT molecular complexity index is 513. The number of halogens is 1. The van der Waals surface area contributed by atoms with Crippen molar-refractivity contribution in [1.82, 2.24) is 0 Å². The van der Waals surface area contributed by atoms with Crippen molar-refractivity contribution in [2.24, 2.45) is 0 Å². The highest BCUT2D eigenvalue weighted by atomic mass is 28.4. The second-order valence-electron chi connectivity index (χ2n) is 7.45. The van der Waals surface area contributed by atoms with Crippen LogP contribution in [0.4, 0.5) is 15.8 Å². The normalized spacial score (nSPS) is 20.1. The minimum atomic E-state index is -1.76. The number of hydrogen-bond acceptors (Lipinski definition) is 3. The van der Waals surface area contributed by atoms with E-state index in [0.717, 1.165) is 19.5 Å². The Balaban J connectivity index is 2.04. The number of rotatable bonds is 3. The first-order valence-electron chi connectivity index (χ1n) is 7.58. The molecule has 3 nitrogen and oxygen atoms in total. The van der Waals surface area contributed by atoms with Gasteiger partial charge in [-0.1, -0.05) is 20.8 Å². The first-order chi connectivity index (χ1) is 9.60. The van der Waals surface area contributed by atoms with E-state index in [0.29, 0.717) is 11.4 Å². The van der Waals surface area contributed by atoms with Crippen LogP contribution in [0.5, 0.6) is 0 Å². The molecule has 1 atom stereocenters. The van der Waals surface area contributed by atoms with Crippen LogP contribution in [0.2, 0.25) is 18.1 Å². The molecule has 0 bridgehead atoms. The van der Waals surface area contributed by atoms with Gasteiger partial charge in [-0.25, -0.2) is 4.39 Å². The highest BCUT2D eigenvalue weighted by molar-refractivity contribution is 6.74. The molecule has 2 N–H and O–H groups in total. The van der Waals surface area contributed by atoms with Crippen molar-refractivity contribution in [1.29, 1.82) is 0 Å². The van der Waals surface area contributed by atoms with E-state index < -0.39 is 8.32 Å². The van der Waals surface area contributed by atoms with Crippen LogP contribution in [0.3, 0.4) is 0 Å². The van der Waals surface area contributed by atoms with E-state index in [1.807, 2.05) is 0 Å². The van der Waals surface area contributed by atoms with Gasteiger partial charge in [-0.3, -0.25) is 0 Å². The van der Waals surface area contributed by atoms with Crippen LogP contribution in [0.25, 0.3) is 0 Å². The van der Waals surface area contributed by atoms with Gasteiger partial charge >= 0.3 is 0 Å². The van der Waals surface area contributed by atoms with Crippen molar-refractivity contribution in [2.75, 3.05) is 23.7 Å². The van der Waals surface area contributed by atoms with Gasteiger partial charge in [0, 0.05) is 18.8 Å². The molecule has 1 aromatic carbocycles. The Kier molecular flexibility index (Phi) is 4.35. The van der Waals surface area contributed by atoms with Crippen LogP contribution in [-0.2, 0) is 4.43 Å². The summed E-state index contributed by atoms with van der Waals surface area (Å²) >= 11 is 0. The van der Waals surface area contributed by atoms with E-state index in [2.05, 4.69) is 38.8 Å². The van der Waals surface area contributed by atoms with Crippen molar-refractivity contribution < 1.29 is 8.82 Å². The monoisotopic (exact) mass is 310 g/mol. The molecular weight excluding hydrogens is 283 g/mol. The molecule has 0 unspecified atom stereocenters. The summed E-state index contributed by atoms with van der Waals surface area (Å²) in [7, 11) is -1.76. The Hall–Kier alpha value is -1.07. The maximum Gasteiger partial charge on any atom is 0.192 e. The Morgan fingerprint density at radius 1 is 1.33 bits per heavy atom. The smallest absolute Gasteiger partial charge is 0.192 e. The summed E-state index contributed by atoms with van der Waals surface area (Å²) < 4.78 is 20.4. The first-order valence-corrected chi connectivity index (χ1v) is 10.5. The topological polar surface area (TPSA) is 38.5 Å². The van der Waals surface area contributed by atoms with Gasteiger partial charge in [0.25, 0.3) is 0 Å². The molecule has 0 aromatic heterocycles. The third-order valence-corrected chi connectivity index (χ3v) is 9.26. The molecule has 2 rings (SSSR count). The average molecular weight is 310 g/mol. The van der Waals surface area contributed by atoms with Crippen LogP contribution in [0, 0.1) is 5.82 Å². The van der Waals surface area contributed by atoms with Crippen molar-refractivity contribution >= 4 is 19.7 Å². The van der Waals surface area contributed by atoms with Gasteiger partial charge in [-0.15, -0.1) is 0 Å². The Morgan fingerprint density at radius 3 is 2.57 bits per heavy atom. The van der Waals surface area contributed by atoms with E-state index in [9.17, 15) is 4.39 Å². The molecule has 1 aliphatic heterocycles. The highest BCUT2D eigenvalue weighted by Crippen LogP contribution is 2.38.